The van der Waals surface area contributed by atoms with E-state index in [1.54, 1.807) is 0 Å². The van der Waals surface area contributed by atoms with Crippen molar-refractivity contribution in [1.82, 2.24) is 10.6 Å². The minimum absolute atomic E-state index is 0.233. The second-order valence-corrected chi connectivity index (χ2v) is 6.75. The molecule has 0 aliphatic carbocycles. The highest BCUT2D eigenvalue weighted by atomic mass is 16.2. The Kier molecular flexibility index (Phi) is 17.1. The highest BCUT2D eigenvalue weighted by molar-refractivity contribution is 4.67. The summed E-state index contributed by atoms with van der Waals surface area (Å²) in [5.74, 6) is 0. The number of hydrogen-bond donors (Lipinski definition) is 4. The fourth-order valence-electron chi connectivity index (χ4n) is 2.55. The molecule has 0 spiro atoms. The monoisotopic (exact) mass is 315 g/mol. The predicted molar refractivity (Wildman–Crippen MR) is 97.2 cm³/mol. The molecule has 0 bridgehead atoms. The Balaban J connectivity index is 3.08. The van der Waals surface area contributed by atoms with Crippen molar-refractivity contribution in [1.29, 1.82) is 0 Å². The van der Waals surface area contributed by atoms with E-state index in [1.165, 1.54) is 57.8 Å². The molecule has 0 amide bonds. The van der Waals surface area contributed by atoms with E-state index < -0.39 is 0 Å². The molecule has 2 unspecified atom stereocenters. The lowest BCUT2D eigenvalue weighted by Crippen LogP contribution is -2.41. The van der Waals surface area contributed by atoms with Gasteiger partial charge in [-0.15, -0.1) is 0 Å². The van der Waals surface area contributed by atoms with Crippen molar-refractivity contribution < 1.29 is 5.11 Å². The average molecular weight is 316 g/mol. The molecule has 22 heavy (non-hydrogen) atoms. The largest absolute Gasteiger partial charge is 0.396 e. The van der Waals surface area contributed by atoms with Gasteiger partial charge in [0.1, 0.15) is 0 Å². The number of aliphatic hydroxyl groups is 1. The van der Waals surface area contributed by atoms with Crippen molar-refractivity contribution in [3.8, 4) is 0 Å². The van der Waals surface area contributed by atoms with E-state index in [-0.39, 0.29) is 6.04 Å². The first-order valence-corrected chi connectivity index (χ1v) is 9.47. The molecule has 0 radical (unpaired) electrons. The quantitative estimate of drug-likeness (QED) is 0.312. The first-order valence-electron chi connectivity index (χ1n) is 9.47. The molecule has 0 rings (SSSR count). The molecule has 0 aliphatic heterocycles. The van der Waals surface area contributed by atoms with Gasteiger partial charge >= 0.3 is 0 Å². The molecule has 4 nitrogen and oxygen atoms in total. The van der Waals surface area contributed by atoms with Gasteiger partial charge in [0.05, 0.1) is 0 Å². The normalized spacial score (nSPS) is 14.2. The Hall–Kier alpha value is -0.160. The third-order valence-electron chi connectivity index (χ3n) is 4.00. The van der Waals surface area contributed by atoms with E-state index in [0.29, 0.717) is 12.6 Å². The van der Waals surface area contributed by atoms with Crippen LogP contribution in [0, 0.1) is 0 Å². The summed E-state index contributed by atoms with van der Waals surface area (Å²) in [6.45, 7) is 7.64. The van der Waals surface area contributed by atoms with E-state index >= 15 is 0 Å². The fourth-order valence-corrected chi connectivity index (χ4v) is 2.55. The molecule has 134 valence electrons. The first kappa shape index (κ1) is 21.8. The minimum Gasteiger partial charge on any atom is -0.396 e. The molecule has 0 heterocycles. The van der Waals surface area contributed by atoms with Crippen LogP contribution in [-0.2, 0) is 0 Å². The van der Waals surface area contributed by atoms with Gasteiger partial charge < -0.3 is 21.5 Å². The highest BCUT2D eigenvalue weighted by Gasteiger charge is 2.01. The molecule has 0 saturated carbocycles. The number of hydrogen-bond acceptors (Lipinski definition) is 4. The molecular weight excluding hydrogens is 274 g/mol. The van der Waals surface area contributed by atoms with Crippen molar-refractivity contribution in [3.05, 3.63) is 0 Å². The number of unbranched alkanes of at least 4 members (excludes halogenated alkanes) is 9. The predicted octanol–water partition coefficient (Wildman–Crippen LogP) is 2.79. The lowest BCUT2D eigenvalue weighted by atomic mass is 10.1. The van der Waals surface area contributed by atoms with Crippen molar-refractivity contribution in [2.75, 3.05) is 26.2 Å². The topological polar surface area (TPSA) is 70.3 Å². The minimum atomic E-state index is 0.233. The summed E-state index contributed by atoms with van der Waals surface area (Å²) in [5, 5.41) is 15.6. The molecular formula is C18H41N3O. The highest BCUT2D eigenvalue weighted by Crippen LogP contribution is 2.10. The van der Waals surface area contributed by atoms with E-state index in [2.05, 4.69) is 17.6 Å². The lowest BCUT2D eigenvalue weighted by molar-refractivity contribution is 0.282. The zero-order valence-electron chi connectivity index (χ0n) is 15.1. The maximum Gasteiger partial charge on any atom is 0.0431 e. The average Bonchev–Trinajstić information content (AvgIpc) is 2.49. The third kappa shape index (κ3) is 17.9. The second kappa shape index (κ2) is 17.2. The van der Waals surface area contributed by atoms with Crippen LogP contribution in [0.2, 0.25) is 0 Å². The summed E-state index contributed by atoms with van der Waals surface area (Å²) < 4.78 is 0. The van der Waals surface area contributed by atoms with E-state index in [9.17, 15) is 0 Å². The van der Waals surface area contributed by atoms with Gasteiger partial charge in [-0.3, -0.25) is 0 Å². The van der Waals surface area contributed by atoms with Crippen LogP contribution in [0.1, 0.15) is 78.1 Å². The fraction of sp³-hybridized carbons (Fsp3) is 1.00. The Morgan fingerprint density at radius 2 is 1.27 bits per heavy atom. The van der Waals surface area contributed by atoms with Crippen molar-refractivity contribution in [2.45, 2.75) is 90.1 Å². The molecule has 4 heteroatoms. The smallest absolute Gasteiger partial charge is 0.0431 e. The maximum absolute atomic E-state index is 8.69. The Morgan fingerprint density at radius 1 is 0.773 bits per heavy atom. The summed E-state index contributed by atoms with van der Waals surface area (Å²) >= 11 is 0. The molecule has 0 fully saturated rings. The van der Waals surface area contributed by atoms with Crippen LogP contribution in [0.5, 0.6) is 0 Å². The Morgan fingerprint density at radius 3 is 1.77 bits per heavy atom. The van der Waals surface area contributed by atoms with Crippen LogP contribution in [-0.4, -0.2) is 43.4 Å². The van der Waals surface area contributed by atoms with E-state index in [4.69, 9.17) is 10.8 Å². The lowest BCUT2D eigenvalue weighted by Gasteiger charge is -2.16. The molecule has 2 atom stereocenters. The summed E-state index contributed by atoms with van der Waals surface area (Å²) in [6, 6.07) is 0.731. The zero-order chi connectivity index (χ0) is 16.5. The Labute approximate surface area is 138 Å². The van der Waals surface area contributed by atoms with Crippen LogP contribution in [0.3, 0.4) is 0 Å². The molecule has 5 N–H and O–H groups in total. The van der Waals surface area contributed by atoms with Gasteiger partial charge in [-0.25, -0.2) is 0 Å². The molecule has 0 aromatic heterocycles. The second-order valence-electron chi connectivity index (χ2n) is 6.75. The molecule has 0 saturated heterocycles. The summed E-state index contributed by atoms with van der Waals surface area (Å²) in [5.41, 5.74) is 5.72. The number of nitrogens with two attached hydrogens (primary N) is 1. The van der Waals surface area contributed by atoms with Gasteiger partial charge in [0.25, 0.3) is 0 Å². The van der Waals surface area contributed by atoms with Crippen LogP contribution >= 0.6 is 0 Å². The van der Waals surface area contributed by atoms with Crippen LogP contribution in [0.15, 0.2) is 0 Å². The molecule has 0 aliphatic rings. The zero-order valence-corrected chi connectivity index (χ0v) is 15.1. The standard InChI is InChI=1S/C18H41N3O/c1-17(19)15-21-18(2)16-20-13-11-9-7-5-3-4-6-8-10-12-14-22/h17-18,20-22H,3-16,19H2,1-2H3. The number of rotatable bonds is 17. The van der Waals surface area contributed by atoms with Crippen molar-refractivity contribution in [2.24, 2.45) is 5.73 Å². The van der Waals surface area contributed by atoms with Crippen LogP contribution in [0.25, 0.3) is 0 Å². The van der Waals surface area contributed by atoms with Gasteiger partial charge in [0.2, 0.25) is 0 Å². The number of aliphatic hydroxyl groups excluding tert-OH is 1. The van der Waals surface area contributed by atoms with Gasteiger partial charge in [0.15, 0.2) is 0 Å². The SMILES string of the molecule is CC(N)CNC(C)CNCCCCCCCCCCCCO. The van der Waals surface area contributed by atoms with E-state index in [0.717, 1.165) is 26.1 Å². The van der Waals surface area contributed by atoms with Gasteiger partial charge in [0, 0.05) is 31.8 Å². The Bertz CT molecular complexity index is 213. The van der Waals surface area contributed by atoms with Crippen LogP contribution < -0.4 is 16.4 Å². The molecule has 0 aromatic rings. The van der Waals surface area contributed by atoms with Crippen molar-refractivity contribution >= 4 is 0 Å². The molecule has 0 aromatic carbocycles. The third-order valence-corrected chi connectivity index (χ3v) is 4.00. The summed E-state index contributed by atoms with van der Waals surface area (Å²) in [4.78, 5) is 0. The summed E-state index contributed by atoms with van der Waals surface area (Å²) in [7, 11) is 0. The summed E-state index contributed by atoms with van der Waals surface area (Å²) in [6.07, 6.45) is 12.9. The van der Waals surface area contributed by atoms with Crippen LogP contribution in [0.4, 0.5) is 0 Å². The van der Waals surface area contributed by atoms with Crippen molar-refractivity contribution in [3.63, 3.8) is 0 Å². The van der Waals surface area contributed by atoms with Gasteiger partial charge in [-0.1, -0.05) is 51.4 Å². The maximum atomic E-state index is 8.69. The van der Waals surface area contributed by atoms with E-state index in [1.807, 2.05) is 6.92 Å². The van der Waals surface area contributed by atoms with Gasteiger partial charge in [-0.05, 0) is 33.2 Å². The van der Waals surface area contributed by atoms with Gasteiger partial charge in [-0.2, -0.15) is 0 Å². The first-order chi connectivity index (χ1) is 10.7. The number of nitrogens with one attached hydrogen (secondary N) is 2.